The Morgan fingerprint density at radius 2 is 1.80 bits per heavy atom. The van der Waals surface area contributed by atoms with Crippen molar-refractivity contribution in [1.29, 1.82) is 0 Å². The van der Waals surface area contributed by atoms with Gasteiger partial charge in [-0.2, -0.15) is 4.31 Å². The van der Waals surface area contributed by atoms with E-state index in [0.29, 0.717) is 42.8 Å². The quantitative estimate of drug-likeness (QED) is 0.754. The molecule has 1 aromatic rings. The number of hydrogen-bond donors (Lipinski definition) is 0. The molecule has 1 aliphatic rings. The highest BCUT2D eigenvalue weighted by molar-refractivity contribution is 7.89. The molecule has 0 N–H and O–H groups in total. The number of benzene rings is 1. The molecule has 20 heavy (non-hydrogen) atoms. The lowest BCUT2D eigenvalue weighted by Crippen LogP contribution is -2.41. The van der Waals surface area contributed by atoms with Gasteiger partial charge < -0.3 is 4.74 Å². The third kappa shape index (κ3) is 3.72. The van der Waals surface area contributed by atoms with Crippen molar-refractivity contribution < 1.29 is 17.4 Å². The summed E-state index contributed by atoms with van der Waals surface area (Å²) in [6, 6.07) is 6.26. The molecule has 0 unspecified atom stereocenters. The lowest BCUT2D eigenvalue weighted by molar-refractivity contribution is 0.342. The van der Waals surface area contributed by atoms with E-state index >= 15 is 0 Å². The molecule has 0 radical (unpaired) electrons. The van der Waals surface area contributed by atoms with Crippen LogP contribution >= 0.6 is 11.6 Å². The predicted molar refractivity (Wildman–Crippen MR) is 79.3 cm³/mol. The highest BCUT2D eigenvalue weighted by Crippen LogP contribution is 2.20. The van der Waals surface area contributed by atoms with Crippen molar-refractivity contribution >= 4 is 32.4 Å². The molecule has 1 aromatic carbocycles. The van der Waals surface area contributed by atoms with E-state index in [9.17, 15) is 12.6 Å². The molecular weight excluding hydrogens is 322 g/mol. The van der Waals surface area contributed by atoms with E-state index in [0.717, 1.165) is 0 Å². The number of halogens is 1. The molecule has 0 amide bonds. The Balaban J connectivity index is 2.11. The van der Waals surface area contributed by atoms with E-state index < -0.39 is 20.8 Å². The number of hydrogen-bond acceptors (Lipinski definition) is 4. The average Bonchev–Trinajstić information content (AvgIpc) is 2.46. The van der Waals surface area contributed by atoms with Crippen LogP contribution in [0.15, 0.2) is 29.2 Å². The minimum Gasteiger partial charge on any atom is -0.492 e. The molecule has 8 heteroatoms. The van der Waals surface area contributed by atoms with Crippen LogP contribution in [0.25, 0.3) is 0 Å². The van der Waals surface area contributed by atoms with E-state index in [4.69, 9.17) is 16.3 Å². The molecule has 1 saturated heterocycles. The zero-order chi connectivity index (χ0) is 14.6. The summed E-state index contributed by atoms with van der Waals surface area (Å²) >= 11 is 5.52. The summed E-state index contributed by atoms with van der Waals surface area (Å²) < 4.78 is 42.7. The van der Waals surface area contributed by atoms with E-state index in [1.54, 1.807) is 12.1 Å². The second-order valence-electron chi connectivity index (χ2n) is 4.26. The molecular formula is C12H16ClNO4S2. The van der Waals surface area contributed by atoms with E-state index in [1.165, 1.54) is 16.4 Å². The van der Waals surface area contributed by atoms with Gasteiger partial charge in [0.15, 0.2) is 0 Å². The largest absolute Gasteiger partial charge is 0.492 e. The summed E-state index contributed by atoms with van der Waals surface area (Å²) in [4.78, 5) is 0.225. The Bertz CT molecular complexity index is 564. The van der Waals surface area contributed by atoms with Gasteiger partial charge in [0.25, 0.3) is 0 Å². The number of sulfonamides is 1. The highest BCUT2D eigenvalue weighted by atomic mass is 35.5. The summed E-state index contributed by atoms with van der Waals surface area (Å²) in [5.41, 5.74) is 0. The minimum atomic E-state index is -3.51. The van der Waals surface area contributed by atoms with Crippen molar-refractivity contribution in [3.05, 3.63) is 24.3 Å². The molecule has 0 bridgehead atoms. The fraction of sp³-hybridized carbons (Fsp3) is 0.500. The van der Waals surface area contributed by atoms with Crippen molar-refractivity contribution in [1.82, 2.24) is 4.31 Å². The molecule has 1 fully saturated rings. The van der Waals surface area contributed by atoms with Gasteiger partial charge in [0.2, 0.25) is 10.0 Å². The first-order chi connectivity index (χ1) is 9.54. The van der Waals surface area contributed by atoms with E-state index in [2.05, 4.69) is 0 Å². The van der Waals surface area contributed by atoms with Crippen molar-refractivity contribution in [2.24, 2.45) is 0 Å². The van der Waals surface area contributed by atoms with Crippen LogP contribution in [0.4, 0.5) is 0 Å². The first-order valence-corrected chi connectivity index (χ1v) is 9.64. The van der Waals surface area contributed by atoms with Gasteiger partial charge in [-0.1, -0.05) is 0 Å². The van der Waals surface area contributed by atoms with Crippen molar-refractivity contribution in [2.75, 3.05) is 37.1 Å². The first kappa shape index (κ1) is 15.8. The Kier molecular flexibility index (Phi) is 5.42. The van der Waals surface area contributed by atoms with Gasteiger partial charge in [-0.15, -0.1) is 11.6 Å². The Hall–Kier alpha value is -0.630. The van der Waals surface area contributed by atoms with Crippen molar-refractivity contribution in [3.63, 3.8) is 0 Å². The summed E-state index contributed by atoms with van der Waals surface area (Å²) in [6.07, 6.45) is 0. The monoisotopic (exact) mass is 337 g/mol. The molecule has 5 nitrogen and oxygen atoms in total. The maximum absolute atomic E-state index is 12.4. The van der Waals surface area contributed by atoms with Crippen molar-refractivity contribution in [2.45, 2.75) is 4.90 Å². The molecule has 1 aliphatic heterocycles. The molecule has 0 aliphatic carbocycles. The molecule has 112 valence electrons. The van der Waals surface area contributed by atoms with Crippen LogP contribution < -0.4 is 4.74 Å². The third-order valence-corrected chi connectivity index (χ3v) is 6.29. The van der Waals surface area contributed by atoms with Gasteiger partial charge in [-0.25, -0.2) is 8.42 Å². The van der Waals surface area contributed by atoms with Crippen LogP contribution in [0, 0.1) is 0 Å². The second-order valence-corrected chi connectivity index (χ2v) is 8.27. The number of rotatable bonds is 5. The Morgan fingerprint density at radius 1 is 1.20 bits per heavy atom. The topological polar surface area (TPSA) is 63.7 Å². The van der Waals surface area contributed by atoms with Crippen LogP contribution in [0.3, 0.4) is 0 Å². The van der Waals surface area contributed by atoms with Crippen LogP contribution in [0.5, 0.6) is 5.75 Å². The van der Waals surface area contributed by atoms with Gasteiger partial charge >= 0.3 is 0 Å². The molecule has 0 aromatic heterocycles. The van der Waals surface area contributed by atoms with Gasteiger partial charge in [0.1, 0.15) is 12.4 Å². The van der Waals surface area contributed by atoms with E-state index in [-0.39, 0.29) is 4.90 Å². The third-order valence-electron chi connectivity index (χ3n) is 2.94. The SMILES string of the molecule is O=S1CCN(S(=O)(=O)c2ccc(OCCCl)cc2)CC1. The van der Waals surface area contributed by atoms with Gasteiger partial charge in [0.05, 0.1) is 10.8 Å². The Morgan fingerprint density at radius 3 is 2.35 bits per heavy atom. The highest BCUT2D eigenvalue weighted by Gasteiger charge is 2.27. The maximum atomic E-state index is 12.4. The summed E-state index contributed by atoms with van der Waals surface area (Å²) in [5, 5.41) is 0. The predicted octanol–water partition coefficient (Wildman–Crippen LogP) is 1.06. The number of nitrogens with zero attached hydrogens (tertiary/aromatic N) is 1. The van der Waals surface area contributed by atoms with Crippen LogP contribution in [0.1, 0.15) is 0 Å². The standard InChI is InChI=1S/C12H16ClNO4S2/c13-5-8-18-11-1-3-12(4-2-11)20(16,17)14-6-9-19(15)10-7-14/h1-4H,5-10H2. The first-order valence-electron chi connectivity index (χ1n) is 6.18. The Labute approximate surface area is 126 Å². The summed E-state index contributed by atoms with van der Waals surface area (Å²) in [6.45, 7) is 0.991. The summed E-state index contributed by atoms with van der Waals surface area (Å²) in [5.74, 6) is 1.77. The normalized spacial score (nSPS) is 18.1. The maximum Gasteiger partial charge on any atom is 0.243 e. The van der Waals surface area contributed by atoms with Crippen molar-refractivity contribution in [3.8, 4) is 5.75 Å². The fourth-order valence-electron chi connectivity index (χ4n) is 1.87. The lowest BCUT2D eigenvalue weighted by Gasteiger charge is -2.25. The van der Waals surface area contributed by atoms with Gasteiger partial charge in [0, 0.05) is 35.4 Å². The molecule has 2 rings (SSSR count). The van der Waals surface area contributed by atoms with Crippen LogP contribution in [-0.2, 0) is 20.8 Å². The zero-order valence-corrected chi connectivity index (χ0v) is 13.2. The number of alkyl halides is 1. The lowest BCUT2D eigenvalue weighted by atomic mass is 10.3. The van der Waals surface area contributed by atoms with Crippen LogP contribution in [0.2, 0.25) is 0 Å². The molecule has 0 spiro atoms. The van der Waals surface area contributed by atoms with Gasteiger partial charge in [-0.3, -0.25) is 4.21 Å². The second kappa shape index (κ2) is 6.89. The van der Waals surface area contributed by atoms with E-state index in [1.807, 2.05) is 0 Å². The molecule has 0 saturated carbocycles. The smallest absolute Gasteiger partial charge is 0.243 e. The van der Waals surface area contributed by atoms with Crippen LogP contribution in [-0.4, -0.2) is 54.0 Å². The average molecular weight is 338 g/mol. The molecule has 1 heterocycles. The fourth-order valence-corrected chi connectivity index (χ4v) is 4.68. The number of ether oxygens (including phenoxy) is 1. The minimum absolute atomic E-state index is 0.225. The molecule has 0 atom stereocenters. The van der Waals surface area contributed by atoms with Gasteiger partial charge in [-0.05, 0) is 24.3 Å². The zero-order valence-electron chi connectivity index (χ0n) is 10.8. The summed E-state index contributed by atoms with van der Waals surface area (Å²) in [7, 11) is -4.40.